The number of carbonyl (C=O) groups is 2. The lowest BCUT2D eigenvalue weighted by Crippen LogP contribution is -2.36. The van der Waals surface area contributed by atoms with E-state index >= 15 is 0 Å². The first-order valence-corrected chi connectivity index (χ1v) is 8.77. The van der Waals surface area contributed by atoms with Gasteiger partial charge < -0.3 is 14.8 Å². The minimum absolute atomic E-state index is 0.000975. The number of likely N-dealkylation sites (tertiary alicyclic amines) is 1. The fourth-order valence-electron chi connectivity index (χ4n) is 3.46. The highest BCUT2D eigenvalue weighted by molar-refractivity contribution is 5.97. The molecule has 23 heavy (non-hydrogen) atoms. The Hall–Kier alpha value is -1.85. The number of piperidine rings is 1. The van der Waals surface area contributed by atoms with Crippen molar-refractivity contribution in [2.75, 3.05) is 13.1 Å². The molecule has 3 rings (SSSR count). The van der Waals surface area contributed by atoms with E-state index in [1.54, 1.807) is 0 Å². The molecular weight excluding hydrogens is 292 g/mol. The molecule has 2 amide bonds. The van der Waals surface area contributed by atoms with E-state index in [1.165, 1.54) is 6.42 Å². The van der Waals surface area contributed by atoms with Gasteiger partial charge in [0.05, 0.1) is 5.69 Å². The Morgan fingerprint density at radius 2 is 1.74 bits per heavy atom. The lowest BCUT2D eigenvalue weighted by Gasteiger charge is -2.26. The zero-order chi connectivity index (χ0) is 16.4. The number of hydrogen-bond acceptors (Lipinski definition) is 3. The van der Waals surface area contributed by atoms with E-state index < -0.39 is 0 Å². The zero-order valence-corrected chi connectivity index (χ0v) is 14.1. The van der Waals surface area contributed by atoms with Crippen LogP contribution < -0.4 is 5.32 Å². The van der Waals surface area contributed by atoms with Gasteiger partial charge in [-0.15, -0.1) is 0 Å². The third-order valence-corrected chi connectivity index (χ3v) is 4.59. The van der Waals surface area contributed by atoms with Gasteiger partial charge in [-0.1, -0.05) is 0 Å². The zero-order valence-electron chi connectivity index (χ0n) is 14.1. The van der Waals surface area contributed by atoms with E-state index in [0.29, 0.717) is 11.5 Å². The summed E-state index contributed by atoms with van der Waals surface area (Å²) >= 11 is 0. The second-order valence-electron chi connectivity index (χ2n) is 6.82. The number of nitrogens with one attached hydrogen (secondary N) is 1. The summed E-state index contributed by atoms with van der Waals surface area (Å²) in [5.41, 5.74) is 1.45. The maximum atomic E-state index is 12.8. The quantitative estimate of drug-likeness (QED) is 0.926. The standard InChI is InChI=1S/C17H26N4O2/c1-12(2)18-16(22)15-19-14(13-8-4-7-11-21(13)15)17(23)20-9-5-3-6-10-20/h12H,3-11H2,1-2H3,(H,18,22). The average molecular weight is 318 g/mol. The highest BCUT2D eigenvalue weighted by Gasteiger charge is 2.30. The number of rotatable bonds is 3. The predicted octanol–water partition coefficient (Wildman–Crippen LogP) is 1.98. The van der Waals surface area contributed by atoms with Crippen molar-refractivity contribution in [3.05, 3.63) is 17.2 Å². The van der Waals surface area contributed by atoms with Gasteiger partial charge in [0.1, 0.15) is 5.69 Å². The number of nitrogens with zero attached hydrogens (tertiary/aromatic N) is 3. The summed E-state index contributed by atoms with van der Waals surface area (Å²) < 4.78 is 1.96. The Morgan fingerprint density at radius 3 is 2.43 bits per heavy atom. The van der Waals surface area contributed by atoms with Crippen LogP contribution in [0.4, 0.5) is 0 Å². The summed E-state index contributed by atoms with van der Waals surface area (Å²) in [6.07, 6.45) is 6.22. The van der Waals surface area contributed by atoms with Crippen molar-refractivity contribution in [1.29, 1.82) is 0 Å². The van der Waals surface area contributed by atoms with E-state index in [1.807, 2.05) is 23.3 Å². The van der Waals surface area contributed by atoms with Crippen LogP contribution in [0.15, 0.2) is 0 Å². The predicted molar refractivity (Wildman–Crippen MR) is 87.5 cm³/mol. The smallest absolute Gasteiger partial charge is 0.287 e. The first-order chi connectivity index (χ1) is 11.1. The summed E-state index contributed by atoms with van der Waals surface area (Å²) in [4.78, 5) is 31.6. The van der Waals surface area contributed by atoms with Crippen LogP contribution in [-0.4, -0.2) is 45.4 Å². The Morgan fingerprint density at radius 1 is 1.04 bits per heavy atom. The van der Waals surface area contributed by atoms with Gasteiger partial charge in [-0.3, -0.25) is 9.59 Å². The molecule has 3 heterocycles. The van der Waals surface area contributed by atoms with Gasteiger partial charge in [0.15, 0.2) is 5.82 Å². The topological polar surface area (TPSA) is 67.2 Å². The molecule has 0 aromatic carbocycles. The largest absolute Gasteiger partial charge is 0.347 e. The van der Waals surface area contributed by atoms with Gasteiger partial charge >= 0.3 is 0 Å². The Labute approximate surface area is 137 Å². The summed E-state index contributed by atoms with van der Waals surface area (Å²) in [6, 6.07) is 0.0558. The Bertz CT molecular complexity index is 600. The van der Waals surface area contributed by atoms with Gasteiger partial charge in [-0.05, 0) is 52.4 Å². The first kappa shape index (κ1) is 16.0. The third kappa shape index (κ3) is 3.26. The molecule has 0 unspecified atom stereocenters. The van der Waals surface area contributed by atoms with Crippen molar-refractivity contribution >= 4 is 11.8 Å². The van der Waals surface area contributed by atoms with Gasteiger partial charge in [0, 0.05) is 25.7 Å². The maximum Gasteiger partial charge on any atom is 0.287 e. The van der Waals surface area contributed by atoms with E-state index in [0.717, 1.165) is 57.4 Å². The molecule has 1 saturated heterocycles. The molecule has 6 heteroatoms. The van der Waals surface area contributed by atoms with E-state index in [-0.39, 0.29) is 17.9 Å². The van der Waals surface area contributed by atoms with Crippen LogP contribution in [0, 0.1) is 0 Å². The van der Waals surface area contributed by atoms with Gasteiger partial charge in [0.25, 0.3) is 11.8 Å². The SMILES string of the molecule is CC(C)NC(=O)c1nc(C(=O)N2CCCCC2)c2n1CCCC2. The molecule has 0 saturated carbocycles. The summed E-state index contributed by atoms with van der Waals surface area (Å²) in [6.45, 7) is 6.24. The Kier molecular flexibility index (Phi) is 4.68. The maximum absolute atomic E-state index is 12.8. The Balaban J connectivity index is 1.92. The van der Waals surface area contributed by atoms with Crippen molar-refractivity contribution in [2.45, 2.75) is 65.0 Å². The molecule has 2 aliphatic rings. The van der Waals surface area contributed by atoms with E-state index in [4.69, 9.17) is 0 Å². The number of carbonyl (C=O) groups excluding carboxylic acids is 2. The van der Waals surface area contributed by atoms with Crippen molar-refractivity contribution < 1.29 is 9.59 Å². The second kappa shape index (κ2) is 6.72. The van der Waals surface area contributed by atoms with Crippen molar-refractivity contribution in [2.24, 2.45) is 0 Å². The van der Waals surface area contributed by atoms with Crippen LogP contribution >= 0.6 is 0 Å². The monoisotopic (exact) mass is 318 g/mol. The molecule has 1 aromatic heterocycles. The van der Waals surface area contributed by atoms with Gasteiger partial charge in [-0.25, -0.2) is 4.98 Å². The number of aromatic nitrogens is 2. The molecule has 1 N–H and O–H groups in total. The van der Waals surface area contributed by atoms with Crippen LogP contribution in [-0.2, 0) is 13.0 Å². The highest BCUT2D eigenvalue weighted by Crippen LogP contribution is 2.23. The van der Waals surface area contributed by atoms with E-state index in [9.17, 15) is 9.59 Å². The number of imidazole rings is 1. The average Bonchev–Trinajstić information content (AvgIpc) is 2.94. The summed E-state index contributed by atoms with van der Waals surface area (Å²) in [5, 5.41) is 2.89. The van der Waals surface area contributed by atoms with Crippen LogP contribution in [0.5, 0.6) is 0 Å². The molecule has 0 spiro atoms. The summed E-state index contributed by atoms with van der Waals surface area (Å²) in [7, 11) is 0. The van der Waals surface area contributed by atoms with Gasteiger partial charge in [-0.2, -0.15) is 0 Å². The molecule has 126 valence electrons. The molecule has 0 radical (unpaired) electrons. The van der Waals surface area contributed by atoms with Crippen molar-refractivity contribution in [3.8, 4) is 0 Å². The molecule has 0 bridgehead atoms. The minimum atomic E-state index is -0.180. The minimum Gasteiger partial charge on any atom is -0.347 e. The third-order valence-electron chi connectivity index (χ3n) is 4.59. The molecular formula is C17H26N4O2. The lowest BCUT2D eigenvalue weighted by atomic mass is 10.1. The molecule has 1 fully saturated rings. The van der Waals surface area contributed by atoms with Crippen LogP contribution in [0.25, 0.3) is 0 Å². The molecule has 0 atom stereocenters. The fourth-order valence-corrected chi connectivity index (χ4v) is 3.46. The lowest BCUT2D eigenvalue weighted by molar-refractivity contribution is 0.0717. The number of amides is 2. The normalized spacial score (nSPS) is 18.0. The van der Waals surface area contributed by atoms with Crippen LogP contribution in [0.3, 0.4) is 0 Å². The van der Waals surface area contributed by atoms with Crippen LogP contribution in [0.1, 0.15) is 72.8 Å². The molecule has 0 aliphatic carbocycles. The van der Waals surface area contributed by atoms with Crippen molar-refractivity contribution in [1.82, 2.24) is 19.8 Å². The fraction of sp³-hybridized carbons (Fsp3) is 0.706. The van der Waals surface area contributed by atoms with Gasteiger partial charge in [0.2, 0.25) is 0 Å². The molecule has 6 nitrogen and oxygen atoms in total. The second-order valence-corrected chi connectivity index (χ2v) is 6.82. The number of hydrogen-bond donors (Lipinski definition) is 1. The van der Waals surface area contributed by atoms with E-state index in [2.05, 4.69) is 10.3 Å². The number of fused-ring (bicyclic) bond motifs is 1. The molecule has 1 aromatic rings. The van der Waals surface area contributed by atoms with Crippen LogP contribution in [0.2, 0.25) is 0 Å². The first-order valence-electron chi connectivity index (χ1n) is 8.77. The highest BCUT2D eigenvalue weighted by atomic mass is 16.2. The summed E-state index contributed by atoms with van der Waals surface area (Å²) in [5.74, 6) is 0.216. The molecule has 2 aliphatic heterocycles. The van der Waals surface area contributed by atoms with Crippen molar-refractivity contribution in [3.63, 3.8) is 0 Å².